The van der Waals surface area contributed by atoms with Crippen molar-refractivity contribution in [1.82, 2.24) is 14.9 Å². The second-order valence-electron chi connectivity index (χ2n) is 7.03. The van der Waals surface area contributed by atoms with Gasteiger partial charge in [0.05, 0.1) is 18.2 Å². The Balaban J connectivity index is 1.56. The molecule has 1 fully saturated rings. The monoisotopic (exact) mass is 303 g/mol. The summed E-state index contributed by atoms with van der Waals surface area (Å²) in [7, 11) is 2.04. The molecule has 0 spiro atoms. The second-order valence-corrected chi connectivity index (χ2v) is 7.03. The highest BCUT2D eigenvalue weighted by molar-refractivity contribution is 5.10. The van der Waals surface area contributed by atoms with Crippen LogP contribution in [0.25, 0.3) is 0 Å². The number of hydrogen-bond donors (Lipinski definition) is 1. The smallest absolute Gasteiger partial charge is 0.100 e. The summed E-state index contributed by atoms with van der Waals surface area (Å²) in [6, 6.07) is 0.551. The number of allylic oxidation sites excluding steroid dienone is 1. The third-order valence-corrected chi connectivity index (χ3v) is 5.45. The van der Waals surface area contributed by atoms with Gasteiger partial charge in [0.2, 0.25) is 0 Å². The molecule has 0 bridgehead atoms. The molecule has 122 valence electrons. The van der Waals surface area contributed by atoms with E-state index in [0.717, 1.165) is 31.9 Å². The lowest BCUT2D eigenvalue weighted by Crippen LogP contribution is -2.40. The molecule has 2 heterocycles. The predicted octanol–water partition coefficient (Wildman–Crippen LogP) is 3.22. The van der Waals surface area contributed by atoms with Crippen LogP contribution in [0.1, 0.15) is 51.3 Å². The zero-order valence-electron chi connectivity index (χ0n) is 14.1. The molecule has 1 aliphatic heterocycles. The summed E-state index contributed by atoms with van der Waals surface area (Å²) in [5.74, 6) is 1.50. The SMILES string of the molecule is CC1=CCCC(C)C1CNC1CCOC(c2cncn2C)C1. The first-order chi connectivity index (χ1) is 10.6. The highest BCUT2D eigenvalue weighted by atomic mass is 16.5. The number of nitrogens with zero attached hydrogens (tertiary/aromatic N) is 2. The Morgan fingerprint density at radius 2 is 2.27 bits per heavy atom. The van der Waals surface area contributed by atoms with Gasteiger partial charge in [-0.3, -0.25) is 0 Å². The molecule has 0 saturated carbocycles. The number of aromatic nitrogens is 2. The van der Waals surface area contributed by atoms with Crippen LogP contribution in [0.5, 0.6) is 0 Å². The van der Waals surface area contributed by atoms with E-state index in [9.17, 15) is 0 Å². The summed E-state index contributed by atoms with van der Waals surface area (Å²) < 4.78 is 8.03. The maximum absolute atomic E-state index is 5.96. The lowest BCUT2D eigenvalue weighted by Gasteiger charge is -2.34. The minimum atomic E-state index is 0.180. The number of imidazole rings is 1. The fraction of sp³-hybridized carbons (Fsp3) is 0.722. The maximum atomic E-state index is 5.96. The molecular weight excluding hydrogens is 274 g/mol. The Labute approximate surface area is 134 Å². The van der Waals surface area contributed by atoms with Gasteiger partial charge in [-0.1, -0.05) is 18.6 Å². The van der Waals surface area contributed by atoms with E-state index in [1.54, 1.807) is 5.57 Å². The van der Waals surface area contributed by atoms with Gasteiger partial charge in [0, 0.05) is 26.2 Å². The standard InChI is InChI=1S/C18H29N3O/c1-13-5-4-6-14(2)16(13)10-20-15-7-8-22-18(9-15)17-11-19-12-21(17)3/h5,11-12,14-16,18,20H,4,6-10H2,1-3H3. The molecule has 0 amide bonds. The van der Waals surface area contributed by atoms with E-state index < -0.39 is 0 Å². The van der Waals surface area contributed by atoms with Crippen LogP contribution < -0.4 is 5.32 Å². The van der Waals surface area contributed by atoms with Crippen LogP contribution in [-0.2, 0) is 11.8 Å². The zero-order valence-corrected chi connectivity index (χ0v) is 14.1. The van der Waals surface area contributed by atoms with Crippen LogP contribution in [0.3, 0.4) is 0 Å². The largest absolute Gasteiger partial charge is 0.372 e. The van der Waals surface area contributed by atoms with E-state index in [4.69, 9.17) is 4.74 Å². The topological polar surface area (TPSA) is 39.1 Å². The maximum Gasteiger partial charge on any atom is 0.100 e. The van der Waals surface area contributed by atoms with Crippen LogP contribution in [0.4, 0.5) is 0 Å². The summed E-state index contributed by atoms with van der Waals surface area (Å²) in [6.07, 6.45) is 11.1. The molecule has 22 heavy (non-hydrogen) atoms. The van der Waals surface area contributed by atoms with Crippen molar-refractivity contribution < 1.29 is 4.74 Å². The van der Waals surface area contributed by atoms with E-state index in [1.165, 1.54) is 18.5 Å². The first-order valence-electron chi connectivity index (χ1n) is 8.63. The zero-order chi connectivity index (χ0) is 15.5. The van der Waals surface area contributed by atoms with E-state index in [1.807, 2.05) is 19.6 Å². The number of rotatable bonds is 4. The quantitative estimate of drug-likeness (QED) is 0.868. The first-order valence-corrected chi connectivity index (χ1v) is 8.63. The molecule has 1 saturated heterocycles. The molecule has 4 heteroatoms. The van der Waals surface area contributed by atoms with Gasteiger partial charge in [0.25, 0.3) is 0 Å². The van der Waals surface area contributed by atoms with Crippen molar-refractivity contribution in [3.05, 3.63) is 29.9 Å². The van der Waals surface area contributed by atoms with Gasteiger partial charge in [0.1, 0.15) is 6.10 Å². The molecule has 0 aromatic carbocycles. The minimum Gasteiger partial charge on any atom is -0.372 e. The van der Waals surface area contributed by atoms with Crippen molar-refractivity contribution in [2.45, 2.75) is 51.7 Å². The number of hydrogen-bond acceptors (Lipinski definition) is 3. The van der Waals surface area contributed by atoms with Crippen LogP contribution >= 0.6 is 0 Å². The van der Waals surface area contributed by atoms with Gasteiger partial charge in [0.15, 0.2) is 0 Å². The van der Waals surface area contributed by atoms with Crippen molar-refractivity contribution in [3.63, 3.8) is 0 Å². The molecule has 4 atom stereocenters. The van der Waals surface area contributed by atoms with Gasteiger partial charge in [-0.25, -0.2) is 4.98 Å². The molecule has 0 radical (unpaired) electrons. The third kappa shape index (κ3) is 3.44. The highest BCUT2D eigenvalue weighted by Crippen LogP contribution is 2.31. The lowest BCUT2D eigenvalue weighted by atomic mass is 9.80. The molecule has 1 aromatic heterocycles. The molecular formula is C18H29N3O. The van der Waals surface area contributed by atoms with Gasteiger partial charge < -0.3 is 14.6 Å². The average Bonchev–Trinajstić information content (AvgIpc) is 2.93. The van der Waals surface area contributed by atoms with Gasteiger partial charge in [-0.15, -0.1) is 0 Å². The Hall–Kier alpha value is -1.13. The molecule has 1 aromatic rings. The van der Waals surface area contributed by atoms with E-state index in [-0.39, 0.29) is 6.10 Å². The van der Waals surface area contributed by atoms with Crippen LogP contribution in [0.15, 0.2) is 24.2 Å². The molecule has 4 unspecified atom stereocenters. The van der Waals surface area contributed by atoms with Crippen molar-refractivity contribution >= 4 is 0 Å². The molecule has 1 aliphatic carbocycles. The normalized spacial score (nSPS) is 32.8. The lowest BCUT2D eigenvalue weighted by molar-refractivity contribution is -0.00444. The number of ether oxygens (including phenoxy) is 1. The number of aryl methyl sites for hydroxylation is 1. The Morgan fingerprint density at radius 1 is 1.41 bits per heavy atom. The fourth-order valence-corrected chi connectivity index (χ4v) is 3.90. The van der Waals surface area contributed by atoms with Crippen molar-refractivity contribution in [2.24, 2.45) is 18.9 Å². The minimum absolute atomic E-state index is 0.180. The van der Waals surface area contributed by atoms with Crippen LogP contribution in [-0.4, -0.2) is 28.7 Å². The average molecular weight is 303 g/mol. The van der Waals surface area contributed by atoms with Gasteiger partial charge in [-0.05, 0) is 44.4 Å². The Morgan fingerprint density at radius 3 is 3.00 bits per heavy atom. The van der Waals surface area contributed by atoms with E-state index in [2.05, 4.69) is 34.8 Å². The van der Waals surface area contributed by atoms with Gasteiger partial charge in [-0.2, -0.15) is 0 Å². The summed E-state index contributed by atoms with van der Waals surface area (Å²) in [4.78, 5) is 4.22. The summed E-state index contributed by atoms with van der Waals surface area (Å²) in [5, 5.41) is 3.81. The van der Waals surface area contributed by atoms with Crippen molar-refractivity contribution in [3.8, 4) is 0 Å². The highest BCUT2D eigenvalue weighted by Gasteiger charge is 2.27. The summed E-state index contributed by atoms with van der Waals surface area (Å²) >= 11 is 0. The fourth-order valence-electron chi connectivity index (χ4n) is 3.90. The Bertz CT molecular complexity index is 522. The summed E-state index contributed by atoms with van der Waals surface area (Å²) in [5.41, 5.74) is 2.76. The van der Waals surface area contributed by atoms with Crippen molar-refractivity contribution in [1.29, 1.82) is 0 Å². The molecule has 2 aliphatic rings. The predicted molar refractivity (Wildman–Crippen MR) is 88.6 cm³/mol. The van der Waals surface area contributed by atoms with E-state index in [0.29, 0.717) is 12.0 Å². The van der Waals surface area contributed by atoms with Crippen LogP contribution in [0, 0.1) is 11.8 Å². The third-order valence-electron chi connectivity index (χ3n) is 5.45. The van der Waals surface area contributed by atoms with Gasteiger partial charge >= 0.3 is 0 Å². The van der Waals surface area contributed by atoms with Crippen molar-refractivity contribution in [2.75, 3.05) is 13.2 Å². The Kier molecular flexibility index (Phi) is 4.99. The van der Waals surface area contributed by atoms with Crippen LogP contribution in [0.2, 0.25) is 0 Å². The molecule has 3 rings (SSSR count). The molecule has 1 N–H and O–H groups in total. The van der Waals surface area contributed by atoms with E-state index >= 15 is 0 Å². The number of nitrogens with one attached hydrogen (secondary N) is 1. The molecule has 4 nitrogen and oxygen atoms in total. The second kappa shape index (κ2) is 6.97. The summed E-state index contributed by atoms with van der Waals surface area (Å²) in [6.45, 7) is 6.63. The first kappa shape index (κ1) is 15.8.